The second-order valence-electron chi connectivity index (χ2n) is 6.40. The summed E-state index contributed by atoms with van der Waals surface area (Å²) < 4.78 is 5.62. The number of hydrogen-bond acceptors (Lipinski definition) is 5. The highest BCUT2D eigenvalue weighted by Gasteiger charge is 2.10. The van der Waals surface area contributed by atoms with Gasteiger partial charge in [-0.3, -0.25) is 14.9 Å². The minimum atomic E-state index is -0.261. The Bertz CT molecular complexity index is 996. The number of carbonyl (C=O) groups excluding carboxylic acids is 2. The van der Waals surface area contributed by atoms with E-state index in [-0.39, 0.29) is 18.4 Å². The standard InChI is InChI=1S/C21H21N3O3S/c1-13-4-5-14(2)19(10-13)27-11-20(26)24-21-23-18(12-28-21)16-6-8-17(9-7-16)22-15(3)25/h4-10,12H,11H2,1-3H3,(H,22,25)(H,23,24,26). The van der Waals surface area contributed by atoms with Crippen LogP contribution in [0.15, 0.2) is 47.8 Å². The van der Waals surface area contributed by atoms with E-state index in [9.17, 15) is 9.59 Å². The van der Waals surface area contributed by atoms with E-state index in [2.05, 4.69) is 15.6 Å². The number of thiazole rings is 1. The van der Waals surface area contributed by atoms with Gasteiger partial charge in [0.25, 0.3) is 5.91 Å². The van der Waals surface area contributed by atoms with E-state index in [4.69, 9.17) is 4.74 Å². The lowest BCUT2D eigenvalue weighted by atomic mass is 10.1. The van der Waals surface area contributed by atoms with Crippen LogP contribution in [0.4, 0.5) is 10.8 Å². The molecule has 0 aliphatic carbocycles. The van der Waals surface area contributed by atoms with Crippen molar-refractivity contribution in [3.8, 4) is 17.0 Å². The molecule has 0 saturated carbocycles. The molecule has 0 aliphatic heterocycles. The Kier molecular flexibility index (Phi) is 6.06. The van der Waals surface area contributed by atoms with E-state index in [0.29, 0.717) is 10.9 Å². The number of aromatic nitrogens is 1. The number of nitrogens with one attached hydrogen (secondary N) is 2. The quantitative estimate of drug-likeness (QED) is 0.648. The van der Waals surface area contributed by atoms with Gasteiger partial charge in [0.2, 0.25) is 5.91 Å². The van der Waals surface area contributed by atoms with Crippen molar-refractivity contribution >= 4 is 34.0 Å². The van der Waals surface area contributed by atoms with Crippen molar-refractivity contribution in [3.63, 3.8) is 0 Å². The summed E-state index contributed by atoms with van der Waals surface area (Å²) in [4.78, 5) is 27.7. The molecule has 2 aromatic carbocycles. The fraction of sp³-hybridized carbons (Fsp3) is 0.190. The van der Waals surface area contributed by atoms with E-state index in [1.54, 1.807) is 0 Å². The highest BCUT2D eigenvalue weighted by molar-refractivity contribution is 7.14. The van der Waals surface area contributed by atoms with E-state index >= 15 is 0 Å². The summed E-state index contributed by atoms with van der Waals surface area (Å²) in [6.45, 7) is 5.31. The Labute approximate surface area is 167 Å². The predicted molar refractivity (Wildman–Crippen MR) is 112 cm³/mol. The van der Waals surface area contributed by atoms with Crippen LogP contribution in [0.25, 0.3) is 11.3 Å². The van der Waals surface area contributed by atoms with Gasteiger partial charge in [0.15, 0.2) is 11.7 Å². The first-order chi connectivity index (χ1) is 13.4. The number of anilines is 2. The third kappa shape index (κ3) is 5.17. The molecule has 0 atom stereocenters. The zero-order valence-corrected chi connectivity index (χ0v) is 16.7. The molecule has 0 fully saturated rings. The summed E-state index contributed by atoms with van der Waals surface area (Å²) in [6, 6.07) is 13.2. The zero-order chi connectivity index (χ0) is 20.1. The summed E-state index contributed by atoms with van der Waals surface area (Å²) in [7, 11) is 0. The fourth-order valence-electron chi connectivity index (χ4n) is 2.55. The minimum absolute atomic E-state index is 0.0788. The van der Waals surface area contributed by atoms with Gasteiger partial charge < -0.3 is 10.1 Å². The molecule has 28 heavy (non-hydrogen) atoms. The molecule has 7 heteroatoms. The first kappa shape index (κ1) is 19.6. The monoisotopic (exact) mass is 395 g/mol. The van der Waals surface area contributed by atoms with Crippen LogP contribution in [0.1, 0.15) is 18.1 Å². The van der Waals surface area contributed by atoms with Crippen LogP contribution in [0.2, 0.25) is 0 Å². The Morgan fingerprint density at radius 3 is 2.54 bits per heavy atom. The van der Waals surface area contributed by atoms with Crippen molar-refractivity contribution < 1.29 is 14.3 Å². The summed E-state index contributed by atoms with van der Waals surface area (Å²) in [5.74, 6) is 0.325. The summed E-state index contributed by atoms with van der Waals surface area (Å²) >= 11 is 1.35. The molecule has 3 rings (SSSR count). The Hall–Kier alpha value is -3.19. The van der Waals surface area contributed by atoms with Gasteiger partial charge in [-0.1, -0.05) is 24.3 Å². The van der Waals surface area contributed by atoms with Crippen molar-refractivity contribution in [1.29, 1.82) is 0 Å². The molecule has 1 heterocycles. The Morgan fingerprint density at radius 1 is 1.07 bits per heavy atom. The summed E-state index contributed by atoms with van der Waals surface area (Å²) in [5, 5.41) is 7.86. The maximum atomic E-state index is 12.2. The maximum Gasteiger partial charge on any atom is 0.264 e. The van der Waals surface area contributed by atoms with E-state index < -0.39 is 0 Å². The second-order valence-corrected chi connectivity index (χ2v) is 7.26. The molecule has 0 bridgehead atoms. The normalized spacial score (nSPS) is 10.4. The lowest BCUT2D eigenvalue weighted by Crippen LogP contribution is -2.20. The van der Waals surface area contributed by atoms with Crippen LogP contribution in [0.5, 0.6) is 5.75 Å². The number of benzene rings is 2. The van der Waals surface area contributed by atoms with Crippen LogP contribution in [0.3, 0.4) is 0 Å². The van der Waals surface area contributed by atoms with Crippen LogP contribution >= 0.6 is 11.3 Å². The third-order valence-corrected chi connectivity index (χ3v) is 4.71. The molecule has 0 aliphatic rings. The van der Waals surface area contributed by atoms with Crippen molar-refractivity contribution in [2.45, 2.75) is 20.8 Å². The predicted octanol–water partition coefficient (Wildman–Crippen LogP) is 4.40. The van der Waals surface area contributed by atoms with Gasteiger partial charge in [0, 0.05) is 23.6 Å². The molecular formula is C21H21N3O3S. The van der Waals surface area contributed by atoms with Gasteiger partial charge >= 0.3 is 0 Å². The second kappa shape index (κ2) is 8.67. The average Bonchev–Trinajstić information content (AvgIpc) is 3.11. The van der Waals surface area contributed by atoms with Gasteiger partial charge in [-0.15, -0.1) is 11.3 Å². The molecule has 3 aromatic rings. The fourth-order valence-corrected chi connectivity index (χ4v) is 3.29. The van der Waals surface area contributed by atoms with Gasteiger partial charge in [-0.05, 0) is 43.2 Å². The molecule has 6 nitrogen and oxygen atoms in total. The number of ether oxygens (including phenoxy) is 1. The lowest BCUT2D eigenvalue weighted by Gasteiger charge is -2.09. The number of aryl methyl sites for hydroxylation is 2. The number of nitrogens with zero attached hydrogens (tertiary/aromatic N) is 1. The molecule has 0 spiro atoms. The molecule has 0 radical (unpaired) electrons. The molecular weight excluding hydrogens is 374 g/mol. The minimum Gasteiger partial charge on any atom is -0.483 e. The smallest absolute Gasteiger partial charge is 0.264 e. The molecule has 144 valence electrons. The Morgan fingerprint density at radius 2 is 1.82 bits per heavy atom. The van der Waals surface area contributed by atoms with Crippen LogP contribution in [0, 0.1) is 13.8 Å². The van der Waals surface area contributed by atoms with E-state index in [0.717, 1.165) is 28.1 Å². The van der Waals surface area contributed by atoms with Crippen LogP contribution in [-0.4, -0.2) is 23.4 Å². The number of rotatable bonds is 6. The highest BCUT2D eigenvalue weighted by Crippen LogP contribution is 2.26. The van der Waals surface area contributed by atoms with Crippen molar-refractivity contribution in [2.75, 3.05) is 17.2 Å². The van der Waals surface area contributed by atoms with E-state index in [1.807, 2.05) is 61.7 Å². The summed E-state index contributed by atoms with van der Waals surface area (Å²) in [5.41, 5.74) is 4.44. The van der Waals surface area contributed by atoms with Gasteiger partial charge in [-0.25, -0.2) is 4.98 Å². The highest BCUT2D eigenvalue weighted by atomic mass is 32.1. The SMILES string of the molecule is CC(=O)Nc1ccc(-c2csc(NC(=O)COc3cc(C)ccc3C)n2)cc1. The van der Waals surface area contributed by atoms with Gasteiger partial charge in [0.05, 0.1) is 5.69 Å². The molecule has 0 saturated heterocycles. The lowest BCUT2D eigenvalue weighted by molar-refractivity contribution is -0.118. The number of carbonyl (C=O) groups is 2. The molecule has 2 amide bonds. The maximum absolute atomic E-state index is 12.2. The number of amides is 2. The van der Waals surface area contributed by atoms with Gasteiger partial charge in [0.1, 0.15) is 5.75 Å². The van der Waals surface area contributed by atoms with Crippen molar-refractivity contribution in [3.05, 3.63) is 59.0 Å². The van der Waals surface area contributed by atoms with Gasteiger partial charge in [-0.2, -0.15) is 0 Å². The first-order valence-electron chi connectivity index (χ1n) is 8.74. The largest absolute Gasteiger partial charge is 0.483 e. The van der Waals surface area contributed by atoms with Crippen LogP contribution < -0.4 is 15.4 Å². The van der Waals surface area contributed by atoms with Crippen molar-refractivity contribution in [1.82, 2.24) is 4.98 Å². The topological polar surface area (TPSA) is 80.3 Å². The molecule has 0 unspecified atom stereocenters. The number of hydrogen-bond donors (Lipinski definition) is 2. The molecule has 2 N–H and O–H groups in total. The van der Waals surface area contributed by atoms with E-state index in [1.165, 1.54) is 18.3 Å². The zero-order valence-electron chi connectivity index (χ0n) is 15.9. The molecule has 1 aromatic heterocycles. The first-order valence-corrected chi connectivity index (χ1v) is 9.62. The average molecular weight is 395 g/mol. The van der Waals surface area contributed by atoms with Crippen molar-refractivity contribution in [2.24, 2.45) is 0 Å². The summed E-state index contributed by atoms with van der Waals surface area (Å²) in [6.07, 6.45) is 0. The Balaban J connectivity index is 1.58. The van der Waals surface area contributed by atoms with Crippen LogP contribution in [-0.2, 0) is 9.59 Å². The third-order valence-electron chi connectivity index (χ3n) is 3.95.